The lowest BCUT2D eigenvalue weighted by Gasteiger charge is -2.25. The molecule has 0 radical (unpaired) electrons. The molecule has 0 heterocycles. The third kappa shape index (κ3) is 11.1. The summed E-state index contributed by atoms with van der Waals surface area (Å²) in [7, 11) is 1.48. The van der Waals surface area contributed by atoms with E-state index >= 15 is 0 Å². The Balaban J connectivity index is 2.81. The SMILES string of the molecule is CNC(=O)[C@H](Cc1ccccc1)NC(=O)[C@H](CC(C)C)NC(=O)C(O)CNC(=O)OC(C)(C)C. The highest BCUT2D eigenvalue weighted by atomic mass is 16.6. The third-order valence-corrected chi connectivity index (χ3v) is 4.64. The van der Waals surface area contributed by atoms with Crippen LogP contribution in [0.4, 0.5) is 4.79 Å². The van der Waals surface area contributed by atoms with Crippen LogP contribution in [0.25, 0.3) is 0 Å². The van der Waals surface area contributed by atoms with Gasteiger partial charge in [0.1, 0.15) is 23.8 Å². The van der Waals surface area contributed by atoms with Gasteiger partial charge < -0.3 is 31.1 Å². The Kier molecular flexibility index (Phi) is 11.5. The summed E-state index contributed by atoms with van der Waals surface area (Å²) in [6.07, 6.45) is -1.80. The Morgan fingerprint density at radius 3 is 2.06 bits per heavy atom. The zero-order valence-corrected chi connectivity index (χ0v) is 20.8. The predicted octanol–water partition coefficient (Wildman–Crippen LogP) is 0.876. The molecule has 0 fully saturated rings. The molecule has 3 atom stereocenters. The van der Waals surface area contributed by atoms with Crippen LogP contribution < -0.4 is 21.3 Å². The van der Waals surface area contributed by atoms with Crippen LogP contribution in [0.5, 0.6) is 0 Å². The van der Waals surface area contributed by atoms with E-state index in [1.54, 1.807) is 20.8 Å². The highest BCUT2D eigenvalue weighted by molar-refractivity contribution is 5.93. The number of carbonyl (C=O) groups is 4. The minimum absolute atomic E-state index is 0.0423. The number of likely N-dealkylation sites (N-methyl/N-ethyl adjacent to an activating group) is 1. The first-order valence-electron chi connectivity index (χ1n) is 11.3. The van der Waals surface area contributed by atoms with Crippen LogP contribution in [0.2, 0.25) is 0 Å². The Morgan fingerprint density at radius 2 is 1.53 bits per heavy atom. The maximum Gasteiger partial charge on any atom is 0.407 e. The van der Waals surface area contributed by atoms with E-state index in [9.17, 15) is 24.3 Å². The summed E-state index contributed by atoms with van der Waals surface area (Å²) in [5.41, 5.74) is 0.142. The summed E-state index contributed by atoms with van der Waals surface area (Å²) in [5, 5.41) is 20.2. The van der Waals surface area contributed by atoms with E-state index in [1.165, 1.54) is 7.05 Å². The second-order valence-corrected chi connectivity index (χ2v) is 9.45. The van der Waals surface area contributed by atoms with Crippen molar-refractivity contribution in [1.29, 1.82) is 0 Å². The van der Waals surface area contributed by atoms with E-state index in [0.717, 1.165) is 5.56 Å². The summed E-state index contributed by atoms with van der Waals surface area (Å²) < 4.78 is 5.07. The molecule has 0 saturated heterocycles. The Labute approximate surface area is 201 Å². The number of ether oxygens (including phenoxy) is 1. The molecule has 34 heavy (non-hydrogen) atoms. The van der Waals surface area contributed by atoms with Gasteiger partial charge in [-0.15, -0.1) is 0 Å². The molecule has 5 N–H and O–H groups in total. The van der Waals surface area contributed by atoms with Crippen LogP contribution in [0.1, 0.15) is 46.6 Å². The largest absolute Gasteiger partial charge is 0.444 e. The summed E-state index contributed by atoms with van der Waals surface area (Å²) in [6, 6.07) is 7.41. The van der Waals surface area contributed by atoms with Crippen LogP contribution in [0.15, 0.2) is 30.3 Å². The minimum atomic E-state index is -1.59. The van der Waals surface area contributed by atoms with Crippen LogP contribution in [0, 0.1) is 5.92 Å². The molecule has 0 aromatic heterocycles. The topological polar surface area (TPSA) is 146 Å². The number of aliphatic hydroxyl groups is 1. The van der Waals surface area contributed by atoms with Gasteiger partial charge in [-0.1, -0.05) is 44.2 Å². The highest BCUT2D eigenvalue weighted by Gasteiger charge is 2.29. The lowest BCUT2D eigenvalue weighted by atomic mass is 10.0. The fourth-order valence-electron chi connectivity index (χ4n) is 3.06. The second-order valence-electron chi connectivity index (χ2n) is 9.45. The fraction of sp³-hybridized carbons (Fsp3) is 0.583. The van der Waals surface area contributed by atoms with Crippen molar-refractivity contribution in [2.24, 2.45) is 5.92 Å². The van der Waals surface area contributed by atoms with Gasteiger partial charge in [-0.05, 0) is 38.7 Å². The summed E-state index contributed by atoms with van der Waals surface area (Å²) in [6.45, 7) is 8.45. The van der Waals surface area contributed by atoms with Crippen LogP contribution >= 0.6 is 0 Å². The molecule has 0 aliphatic carbocycles. The molecule has 0 aliphatic heterocycles. The van der Waals surface area contributed by atoms with Gasteiger partial charge in [-0.2, -0.15) is 0 Å². The molecule has 10 nitrogen and oxygen atoms in total. The number of benzene rings is 1. The van der Waals surface area contributed by atoms with E-state index in [2.05, 4.69) is 21.3 Å². The normalized spacial score (nSPS) is 13.9. The third-order valence-electron chi connectivity index (χ3n) is 4.64. The van der Waals surface area contributed by atoms with Crippen molar-refractivity contribution in [3.63, 3.8) is 0 Å². The molecule has 1 rings (SSSR count). The highest BCUT2D eigenvalue weighted by Crippen LogP contribution is 2.09. The maximum absolute atomic E-state index is 13.0. The molecular formula is C24H38N4O6. The smallest absolute Gasteiger partial charge is 0.407 e. The summed E-state index contributed by atoms with van der Waals surface area (Å²) in [5.74, 6) is -1.69. The molecule has 10 heteroatoms. The van der Waals surface area contributed by atoms with E-state index in [0.29, 0.717) is 0 Å². The van der Waals surface area contributed by atoms with Gasteiger partial charge in [-0.25, -0.2) is 4.79 Å². The van der Waals surface area contributed by atoms with Gasteiger partial charge in [0.15, 0.2) is 0 Å². The van der Waals surface area contributed by atoms with E-state index in [-0.39, 0.29) is 31.2 Å². The minimum Gasteiger partial charge on any atom is -0.444 e. The summed E-state index contributed by atoms with van der Waals surface area (Å²) >= 11 is 0. The Morgan fingerprint density at radius 1 is 0.941 bits per heavy atom. The zero-order chi connectivity index (χ0) is 25.9. The average Bonchev–Trinajstić information content (AvgIpc) is 2.75. The van der Waals surface area contributed by atoms with Gasteiger partial charge in [0.05, 0.1) is 6.54 Å². The molecule has 190 valence electrons. The fourth-order valence-corrected chi connectivity index (χ4v) is 3.06. The van der Waals surface area contributed by atoms with Gasteiger partial charge >= 0.3 is 6.09 Å². The molecule has 1 unspecified atom stereocenters. The van der Waals surface area contributed by atoms with Gasteiger partial charge in [0.2, 0.25) is 11.8 Å². The lowest BCUT2D eigenvalue weighted by Crippen LogP contribution is -2.56. The van der Waals surface area contributed by atoms with E-state index < -0.39 is 41.7 Å². The molecule has 0 aliphatic rings. The Hall–Kier alpha value is -3.14. The first-order chi connectivity index (χ1) is 15.8. The van der Waals surface area contributed by atoms with Crippen molar-refractivity contribution in [1.82, 2.24) is 21.3 Å². The van der Waals surface area contributed by atoms with Crippen molar-refractivity contribution in [2.75, 3.05) is 13.6 Å². The van der Waals surface area contributed by atoms with E-state index in [4.69, 9.17) is 4.74 Å². The lowest BCUT2D eigenvalue weighted by molar-refractivity contribution is -0.135. The van der Waals surface area contributed by atoms with E-state index in [1.807, 2.05) is 44.2 Å². The van der Waals surface area contributed by atoms with Crippen molar-refractivity contribution >= 4 is 23.8 Å². The second kappa shape index (κ2) is 13.5. The van der Waals surface area contributed by atoms with Crippen LogP contribution in [-0.4, -0.2) is 66.3 Å². The number of aliphatic hydroxyl groups excluding tert-OH is 1. The number of carbonyl (C=O) groups excluding carboxylic acids is 4. The van der Waals surface area contributed by atoms with Crippen molar-refractivity contribution in [2.45, 2.75) is 71.2 Å². The quantitative estimate of drug-likeness (QED) is 0.319. The Bertz CT molecular complexity index is 823. The number of rotatable bonds is 11. The van der Waals surface area contributed by atoms with Gasteiger partial charge in [-0.3, -0.25) is 14.4 Å². The zero-order valence-electron chi connectivity index (χ0n) is 20.8. The number of hydrogen-bond donors (Lipinski definition) is 5. The number of nitrogens with one attached hydrogen (secondary N) is 4. The number of amides is 4. The molecule has 1 aromatic rings. The molecule has 0 saturated carbocycles. The first kappa shape index (κ1) is 28.9. The van der Waals surface area contributed by atoms with Gasteiger partial charge in [0.25, 0.3) is 5.91 Å². The summed E-state index contributed by atoms with van der Waals surface area (Å²) in [4.78, 5) is 49.6. The average molecular weight is 479 g/mol. The van der Waals surface area contributed by atoms with Crippen LogP contribution in [0.3, 0.4) is 0 Å². The van der Waals surface area contributed by atoms with Crippen molar-refractivity contribution in [3.05, 3.63) is 35.9 Å². The standard InChI is InChI=1S/C24H38N4O6/c1-15(2)12-17(28-22(32)19(29)14-26-23(33)34-24(3,4)5)21(31)27-18(20(30)25-6)13-16-10-8-7-9-11-16/h7-11,15,17-19,29H,12-14H2,1-6H3,(H,25,30)(H,26,33)(H,27,31)(H,28,32)/t17-,18-,19?/m0/s1. The number of hydrogen-bond acceptors (Lipinski definition) is 6. The predicted molar refractivity (Wildman–Crippen MR) is 128 cm³/mol. The van der Waals surface area contributed by atoms with Crippen molar-refractivity contribution < 1.29 is 29.0 Å². The molecule has 0 spiro atoms. The monoisotopic (exact) mass is 478 g/mol. The van der Waals surface area contributed by atoms with Crippen LogP contribution in [-0.2, 0) is 25.5 Å². The van der Waals surface area contributed by atoms with Gasteiger partial charge in [0, 0.05) is 13.5 Å². The molecule has 1 aromatic carbocycles. The maximum atomic E-state index is 13.0. The molecule has 4 amide bonds. The molecule has 0 bridgehead atoms. The van der Waals surface area contributed by atoms with Crippen molar-refractivity contribution in [3.8, 4) is 0 Å². The first-order valence-corrected chi connectivity index (χ1v) is 11.3. The molecular weight excluding hydrogens is 440 g/mol. The number of alkyl carbamates (subject to hydrolysis) is 1.